The van der Waals surface area contributed by atoms with Gasteiger partial charge < -0.3 is 14.8 Å². The van der Waals surface area contributed by atoms with Gasteiger partial charge in [-0.25, -0.2) is 4.79 Å². The van der Waals surface area contributed by atoms with Gasteiger partial charge in [0.2, 0.25) is 0 Å². The van der Waals surface area contributed by atoms with Gasteiger partial charge in [0.05, 0.1) is 13.2 Å². The number of nitrogens with one attached hydrogen (secondary N) is 1. The van der Waals surface area contributed by atoms with E-state index >= 15 is 0 Å². The summed E-state index contributed by atoms with van der Waals surface area (Å²) in [5, 5.41) is 10.9. The predicted molar refractivity (Wildman–Crippen MR) is 86.0 cm³/mol. The molecular weight excluding hydrogens is 294 g/mol. The SMILES string of the molecule is COC(=O)c1ccc(Nc2ccc(OC3CCCC3)cc2)nn1. The van der Waals surface area contributed by atoms with Crippen molar-refractivity contribution < 1.29 is 14.3 Å². The smallest absolute Gasteiger partial charge is 0.358 e. The van der Waals surface area contributed by atoms with E-state index in [2.05, 4.69) is 20.3 Å². The van der Waals surface area contributed by atoms with E-state index in [1.165, 1.54) is 20.0 Å². The van der Waals surface area contributed by atoms with Crippen LogP contribution in [-0.2, 0) is 4.74 Å². The summed E-state index contributed by atoms with van der Waals surface area (Å²) >= 11 is 0. The minimum Gasteiger partial charge on any atom is -0.490 e. The fourth-order valence-corrected chi connectivity index (χ4v) is 2.58. The molecule has 1 N–H and O–H groups in total. The molecule has 2 aromatic rings. The maximum Gasteiger partial charge on any atom is 0.358 e. The molecule has 0 atom stereocenters. The van der Waals surface area contributed by atoms with Crippen molar-refractivity contribution in [2.75, 3.05) is 12.4 Å². The number of hydrogen-bond donors (Lipinski definition) is 1. The molecule has 1 fully saturated rings. The second-order valence-corrected chi connectivity index (χ2v) is 5.47. The number of anilines is 2. The van der Waals surface area contributed by atoms with Gasteiger partial charge in [0, 0.05) is 5.69 Å². The van der Waals surface area contributed by atoms with Crippen molar-refractivity contribution in [2.45, 2.75) is 31.8 Å². The average Bonchev–Trinajstić information content (AvgIpc) is 3.10. The molecule has 3 rings (SSSR count). The second kappa shape index (κ2) is 7.09. The summed E-state index contributed by atoms with van der Waals surface area (Å²) in [6, 6.07) is 11.0. The Hall–Kier alpha value is -2.63. The molecular formula is C17H19N3O3. The number of aromatic nitrogens is 2. The van der Waals surface area contributed by atoms with Crippen molar-refractivity contribution in [1.29, 1.82) is 0 Å². The first-order chi connectivity index (χ1) is 11.2. The summed E-state index contributed by atoms with van der Waals surface area (Å²) in [6.07, 6.45) is 5.14. The Labute approximate surface area is 134 Å². The molecule has 6 nitrogen and oxygen atoms in total. The molecule has 0 bridgehead atoms. The zero-order valence-corrected chi connectivity index (χ0v) is 13.0. The monoisotopic (exact) mass is 313 g/mol. The van der Waals surface area contributed by atoms with E-state index in [0.29, 0.717) is 11.9 Å². The van der Waals surface area contributed by atoms with Gasteiger partial charge >= 0.3 is 5.97 Å². The van der Waals surface area contributed by atoms with Crippen LogP contribution in [0.4, 0.5) is 11.5 Å². The topological polar surface area (TPSA) is 73.3 Å². The molecule has 0 aliphatic heterocycles. The van der Waals surface area contributed by atoms with Crippen molar-refractivity contribution >= 4 is 17.5 Å². The second-order valence-electron chi connectivity index (χ2n) is 5.47. The predicted octanol–water partition coefficient (Wildman–Crippen LogP) is 3.33. The van der Waals surface area contributed by atoms with E-state index in [4.69, 9.17) is 4.74 Å². The summed E-state index contributed by atoms with van der Waals surface area (Å²) in [4.78, 5) is 11.3. The first-order valence-corrected chi connectivity index (χ1v) is 7.70. The van der Waals surface area contributed by atoms with Gasteiger partial charge in [-0.2, -0.15) is 0 Å². The van der Waals surface area contributed by atoms with Crippen molar-refractivity contribution in [3.05, 3.63) is 42.1 Å². The van der Waals surface area contributed by atoms with Gasteiger partial charge in [-0.05, 0) is 62.1 Å². The molecule has 1 heterocycles. The molecule has 23 heavy (non-hydrogen) atoms. The summed E-state index contributed by atoms with van der Waals surface area (Å²) in [7, 11) is 1.31. The van der Waals surface area contributed by atoms with Crippen LogP contribution in [0.1, 0.15) is 36.2 Å². The highest BCUT2D eigenvalue weighted by molar-refractivity contribution is 5.87. The first-order valence-electron chi connectivity index (χ1n) is 7.70. The van der Waals surface area contributed by atoms with Crippen molar-refractivity contribution in [3.8, 4) is 5.75 Å². The van der Waals surface area contributed by atoms with E-state index in [0.717, 1.165) is 24.3 Å². The van der Waals surface area contributed by atoms with E-state index in [-0.39, 0.29) is 5.69 Å². The van der Waals surface area contributed by atoms with Gasteiger partial charge in [0.15, 0.2) is 11.5 Å². The summed E-state index contributed by atoms with van der Waals surface area (Å²) in [5.74, 6) is 0.939. The Morgan fingerprint density at radius 3 is 2.43 bits per heavy atom. The molecule has 120 valence electrons. The lowest BCUT2D eigenvalue weighted by Crippen LogP contribution is -2.10. The highest BCUT2D eigenvalue weighted by Crippen LogP contribution is 2.25. The molecule has 1 aliphatic rings. The van der Waals surface area contributed by atoms with Crippen LogP contribution in [0.5, 0.6) is 5.75 Å². The minimum atomic E-state index is -0.502. The van der Waals surface area contributed by atoms with E-state index < -0.39 is 5.97 Å². The van der Waals surface area contributed by atoms with Crippen LogP contribution in [0.25, 0.3) is 0 Å². The minimum absolute atomic E-state index is 0.179. The van der Waals surface area contributed by atoms with Gasteiger partial charge in [0.25, 0.3) is 0 Å². The Kier molecular flexibility index (Phi) is 4.71. The van der Waals surface area contributed by atoms with Gasteiger partial charge in [-0.3, -0.25) is 0 Å². The molecule has 0 amide bonds. The molecule has 1 saturated carbocycles. The van der Waals surface area contributed by atoms with E-state index in [1.807, 2.05) is 24.3 Å². The van der Waals surface area contributed by atoms with Gasteiger partial charge in [-0.15, -0.1) is 10.2 Å². The van der Waals surface area contributed by atoms with Crippen molar-refractivity contribution in [3.63, 3.8) is 0 Å². The fraction of sp³-hybridized carbons (Fsp3) is 0.353. The normalized spacial score (nSPS) is 14.5. The summed E-state index contributed by atoms with van der Waals surface area (Å²) in [5.41, 5.74) is 1.06. The highest BCUT2D eigenvalue weighted by atomic mass is 16.5. The lowest BCUT2D eigenvalue weighted by Gasteiger charge is -2.13. The highest BCUT2D eigenvalue weighted by Gasteiger charge is 2.16. The number of nitrogens with zero attached hydrogens (tertiary/aromatic N) is 2. The molecule has 0 spiro atoms. The van der Waals surface area contributed by atoms with Crippen LogP contribution in [0.2, 0.25) is 0 Å². The number of ether oxygens (including phenoxy) is 2. The van der Waals surface area contributed by atoms with Crippen LogP contribution < -0.4 is 10.1 Å². The fourth-order valence-electron chi connectivity index (χ4n) is 2.58. The average molecular weight is 313 g/mol. The van der Waals surface area contributed by atoms with Crippen molar-refractivity contribution in [2.24, 2.45) is 0 Å². The first kappa shape index (κ1) is 15.3. The van der Waals surface area contributed by atoms with Gasteiger partial charge in [-0.1, -0.05) is 0 Å². The Morgan fingerprint density at radius 1 is 1.09 bits per heavy atom. The number of rotatable bonds is 5. The zero-order valence-electron chi connectivity index (χ0n) is 13.0. The standard InChI is InChI=1S/C17H19N3O3/c1-22-17(21)15-10-11-16(20-19-15)18-12-6-8-14(9-7-12)23-13-4-2-3-5-13/h6-11,13H,2-5H2,1H3,(H,18,20). The van der Waals surface area contributed by atoms with Crippen LogP contribution in [0.3, 0.4) is 0 Å². The van der Waals surface area contributed by atoms with Crippen molar-refractivity contribution in [1.82, 2.24) is 10.2 Å². The van der Waals surface area contributed by atoms with Crippen LogP contribution in [0, 0.1) is 0 Å². The van der Waals surface area contributed by atoms with Gasteiger partial charge in [0.1, 0.15) is 5.75 Å². The molecule has 6 heteroatoms. The molecule has 1 aromatic heterocycles. The number of methoxy groups -OCH3 is 1. The molecule has 1 aliphatic carbocycles. The molecule has 1 aromatic carbocycles. The Balaban J connectivity index is 1.60. The lowest BCUT2D eigenvalue weighted by molar-refractivity contribution is 0.0593. The molecule has 0 unspecified atom stereocenters. The van der Waals surface area contributed by atoms with Crippen LogP contribution >= 0.6 is 0 Å². The number of carbonyl (C=O) groups excluding carboxylic acids is 1. The van der Waals surface area contributed by atoms with E-state index in [9.17, 15) is 4.79 Å². The Bertz CT molecular complexity index is 650. The third-order valence-electron chi connectivity index (χ3n) is 3.79. The number of benzene rings is 1. The third-order valence-corrected chi connectivity index (χ3v) is 3.79. The van der Waals surface area contributed by atoms with E-state index in [1.54, 1.807) is 12.1 Å². The quantitative estimate of drug-likeness (QED) is 0.854. The van der Waals surface area contributed by atoms with Crippen LogP contribution in [0.15, 0.2) is 36.4 Å². The summed E-state index contributed by atoms with van der Waals surface area (Å²) in [6.45, 7) is 0. The number of carbonyl (C=O) groups is 1. The maximum absolute atomic E-state index is 11.3. The largest absolute Gasteiger partial charge is 0.490 e. The molecule has 0 saturated heterocycles. The van der Waals surface area contributed by atoms with Crippen LogP contribution in [-0.4, -0.2) is 29.4 Å². The number of esters is 1. The Morgan fingerprint density at radius 2 is 1.83 bits per heavy atom. The summed E-state index contributed by atoms with van der Waals surface area (Å²) < 4.78 is 10.5. The molecule has 0 radical (unpaired) electrons. The number of hydrogen-bond acceptors (Lipinski definition) is 6. The lowest BCUT2D eigenvalue weighted by atomic mass is 10.2. The third kappa shape index (κ3) is 3.97. The maximum atomic E-state index is 11.3. The zero-order chi connectivity index (χ0) is 16.1.